The molecule has 3 aromatic rings. The summed E-state index contributed by atoms with van der Waals surface area (Å²) < 4.78 is 39.3. The number of rotatable bonds is 7. The number of hydrogen-bond acceptors (Lipinski definition) is 5. The molecule has 3 aromatic carbocycles. The number of methoxy groups -OCH3 is 2. The first-order chi connectivity index (χ1) is 15.1. The molecule has 32 heavy (non-hydrogen) atoms. The Balaban J connectivity index is 1.90. The minimum atomic E-state index is -3.90. The van der Waals surface area contributed by atoms with Crippen LogP contribution in [-0.4, -0.2) is 28.5 Å². The van der Waals surface area contributed by atoms with Gasteiger partial charge in [0.1, 0.15) is 11.5 Å². The predicted molar refractivity (Wildman–Crippen MR) is 125 cm³/mol. The normalized spacial score (nSPS) is 11.0. The average Bonchev–Trinajstić information content (AvgIpc) is 2.76. The Bertz CT molecular complexity index is 1270. The standard InChI is InChI=1S/C24H26N2O5S/c1-15-6-10-20(17(3)12-15)26-32(28,29)23-13-18(8-7-16(23)2)24(27)25-21-11-9-19(30-4)14-22(21)31-5/h6-14,26H,1-5H3,(H,25,27). The molecular formula is C24H26N2O5S. The molecule has 7 nitrogen and oxygen atoms in total. The van der Waals surface area contributed by atoms with Crippen molar-refractivity contribution < 1.29 is 22.7 Å². The predicted octanol–water partition coefficient (Wildman–Crippen LogP) is 4.68. The van der Waals surface area contributed by atoms with E-state index in [1.165, 1.54) is 20.3 Å². The molecule has 0 aromatic heterocycles. The van der Waals surface area contributed by atoms with Crippen LogP contribution in [0.5, 0.6) is 11.5 Å². The molecule has 0 heterocycles. The van der Waals surface area contributed by atoms with Crippen LogP contribution in [0.2, 0.25) is 0 Å². The van der Waals surface area contributed by atoms with Crippen LogP contribution in [0.4, 0.5) is 11.4 Å². The van der Waals surface area contributed by atoms with E-state index in [9.17, 15) is 13.2 Å². The van der Waals surface area contributed by atoms with Gasteiger partial charge in [-0.3, -0.25) is 9.52 Å². The van der Waals surface area contributed by atoms with Gasteiger partial charge in [0.2, 0.25) is 0 Å². The summed E-state index contributed by atoms with van der Waals surface area (Å²) in [5, 5.41) is 2.76. The smallest absolute Gasteiger partial charge is 0.262 e. The maximum Gasteiger partial charge on any atom is 0.262 e. The number of sulfonamides is 1. The maximum atomic E-state index is 13.1. The highest BCUT2D eigenvalue weighted by molar-refractivity contribution is 7.92. The molecule has 0 aliphatic heterocycles. The second-order valence-corrected chi connectivity index (χ2v) is 9.08. The average molecular weight is 455 g/mol. The summed E-state index contributed by atoms with van der Waals surface area (Å²) in [7, 11) is -0.880. The van der Waals surface area contributed by atoms with Gasteiger partial charge in [-0.05, 0) is 62.2 Å². The maximum absolute atomic E-state index is 13.1. The van der Waals surface area contributed by atoms with Crippen molar-refractivity contribution in [2.45, 2.75) is 25.7 Å². The van der Waals surface area contributed by atoms with Gasteiger partial charge in [-0.1, -0.05) is 23.8 Å². The number of amides is 1. The molecule has 0 fully saturated rings. The fraction of sp³-hybridized carbons (Fsp3) is 0.208. The zero-order chi connectivity index (χ0) is 23.5. The number of carbonyl (C=O) groups is 1. The third-order valence-corrected chi connectivity index (χ3v) is 6.53. The van der Waals surface area contributed by atoms with E-state index >= 15 is 0 Å². The lowest BCUT2D eigenvalue weighted by molar-refractivity contribution is 0.102. The molecule has 168 valence electrons. The molecule has 3 rings (SSSR count). The van der Waals surface area contributed by atoms with Crippen molar-refractivity contribution in [3.63, 3.8) is 0 Å². The van der Waals surface area contributed by atoms with Gasteiger partial charge in [0.25, 0.3) is 15.9 Å². The molecule has 0 saturated heterocycles. The van der Waals surface area contributed by atoms with E-state index in [1.54, 1.807) is 43.3 Å². The van der Waals surface area contributed by atoms with Crippen LogP contribution >= 0.6 is 0 Å². The quantitative estimate of drug-likeness (QED) is 0.541. The minimum Gasteiger partial charge on any atom is -0.497 e. The van der Waals surface area contributed by atoms with E-state index in [4.69, 9.17) is 9.47 Å². The Hall–Kier alpha value is -3.52. The van der Waals surface area contributed by atoms with Crippen molar-refractivity contribution in [1.82, 2.24) is 0 Å². The van der Waals surface area contributed by atoms with E-state index in [-0.39, 0.29) is 10.5 Å². The minimum absolute atomic E-state index is 0.0341. The molecule has 0 bridgehead atoms. The fourth-order valence-corrected chi connectivity index (χ4v) is 4.66. The van der Waals surface area contributed by atoms with E-state index in [0.717, 1.165) is 11.1 Å². The monoisotopic (exact) mass is 454 g/mol. The molecule has 8 heteroatoms. The number of ether oxygens (including phenoxy) is 2. The van der Waals surface area contributed by atoms with Crippen LogP contribution in [-0.2, 0) is 10.0 Å². The van der Waals surface area contributed by atoms with Crippen LogP contribution in [0.25, 0.3) is 0 Å². The summed E-state index contributed by atoms with van der Waals surface area (Å²) in [6.45, 7) is 5.46. The van der Waals surface area contributed by atoms with Crippen molar-refractivity contribution in [3.8, 4) is 11.5 Å². The fourth-order valence-electron chi connectivity index (χ4n) is 3.25. The zero-order valence-corrected chi connectivity index (χ0v) is 19.5. The van der Waals surface area contributed by atoms with Gasteiger partial charge in [0.05, 0.1) is 30.5 Å². The highest BCUT2D eigenvalue weighted by atomic mass is 32.2. The Labute approximate surface area is 188 Å². The van der Waals surface area contributed by atoms with Crippen LogP contribution in [0.3, 0.4) is 0 Å². The van der Waals surface area contributed by atoms with Crippen LogP contribution < -0.4 is 19.5 Å². The lowest BCUT2D eigenvalue weighted by atomic mass is 10.1. The second-order valence-electron chi connectivity index (χ2n) is 7.42. The molecule has 0 aliphatic carbocycles. The van der Waals surface area contributed by atoms with Crippen molar-refractivity contribution in [3.05, 3.63) is 76.9 Å². The largest absolute Gasteiger partial charge is 0.497 e. The molecule has 0 spiro atoms. The molecule has 0 unspecified atom stereocenters. The zero-order valence-electron chi connectivity index (χ0n) is 18.6. The lowest BCUT2D eigenvalue weighted by Gasteiger charge is -2.15. The van der Waals surface area contributed by atoms with Gasteiger partial charge < -0.3 is 14.8 Å². The highest BCUT2D eigenvalue weighted by Gasteiger charge is 2.21. The number of benzene rings is 3. The summed E-state index contributed by atoms with van der Waals surface area (Å²) in [5.74, 6) is 0.548. The van der Waals surface area contributed by atoms with Gasteiger partial charge in [0.15, 0.2) is 0 Å². The van der Waals surface area contributed by atoms with Gasteiger partial charge >= 0.3 is 0 Å². The molecular weight excluding hydrogens is 428 g/mol. The Morgan fingerprint density at radius 1 is 0.812 bits per heavy atom. The van der Waals surface area contributed by atoms with Crippen LogP contribution in [0, 0.1) is 20.8 Å². The van der Waals surface area contributed by atoms with E-state index in [1.807, 2.05) is 26.0 Å². The number of anilines is 2. The third kappa shape index (κ3) is 5.03. The van der Waals surface area contributed by atoms with Crippen molar-refractivity contribution in [2.24, 2.45) is 0 Å². The van der Waals surface area contributed by atoms with Gasteiger partial charge in [-0.25, -0.2) is 8.42 Å². The van der Waals surface area contributed by atoms with Gasteiger partial charge in [0, 0.05) is 11.6 Å². The third-order valence-electron chi connectivity index (χ3n) is 5.02. The molecule has 0 radical (unpaired) electrons. The number of nitrogens with one attached hydrogen (secondary N) is 2. The first kappa shape index (κ1) is 23.1. The van der Waals surface area contributed by atoms with Crippen molar-refractivity contribution >= 4 is 27.3 Å². The summed E-state index contributed by atoms with van der Waals surface area (Å²) in [6.07, 6.45) is 0. The molecule has 2 N–H and O–H groups in total. The Kier molecular flexibility index (Phi) is 6.74. The van der Waals surface area contributed by atoms with Crippen molar-refractivity contribution in [1.29, 1.82) is 0 Å². The Morgan fingerprint density at radius 3 is 2.19 bits per heavy atom. The SMILES string of the molecule is COc1ccc(NC(=O)c2ccc(C)c(S(=O)(=O)Nc3ccc(C)cc3C)c2)c(OC)c1. The number of hydrogen-bond donors (Lipinski definition) is 2. The van der Waals surface area contributed by atoms with Crippen LogP contribution in [0.1, 0.15) is 27.0 Å². The van der Waals surface area contributed by atoms with E-state index < -0.39 is 15.9 Å². The highest BCUT2D eigenvalue weighted by Crippen LogP contribution is 2.30. The van der Waals surface area contributed by atoms with Crippen LogP contribution in [0.15, 0.2) is 59.5 Å². The molecule has 1 amide bonds. The number of aryl methyl sites for hydroxylation is 3. The topological polar surface area (TPSA) is 93.7 Å². The Morgan fingerprint density at radius 2 is 1.53 bits per heavy atom. The summed E-state index contributed by atoms with van der Waals surface area (Å²) in [6, 6.07) is 15.0. The van der Waals surface area contributed by atoms with Crippen molar-refractivity contribution in [2.75, 3.05) is 24.3 Å². The lowest BCUT2D eigenvalue weighted by Crippen LogP contribution is -2.18. The molecule has 0 aliphatic rings. The van der Waals surface area contributed by atoms with Gasteiger partial charge in [-0.2, -0.15) is 0 Å². The van der Waals surface area contributed by atoms with E-state index in [2.05, 4.69) is 10.0 Å². The number of carbonyl (C=O) groups excluding carboxylic acids is 1. The summed E-state index contributed by atoms with van der Waals surface area (Å²) in [4.78, 5) is 12.9. The molecule has 0 atom stereocenters. The summed E-state index contributed by atoms with van der Waals surface area (Å²) >= 11 is 0. The summed E-state index contributed by atoms with van der Waals surface area (Å²) in [5.41, 5.74) is 3.51. The first-order valence-corrected chi connectivity index (χ1v) is 11.4. The van der Waals surface area contributed by atoms with Gasteiger partial charge in [-0.15, -0.1) is 0 Å². The second kappa shape index (κ2) is 9.32. The van der Waals surface area contributed by atoms with E-state index in [0.29, 0.717) is 28.4 Å². The first-order valence-electron chi connectivity index (χ1n) is 9.88. The molecule has 0 saturated carbocycles.